The monoisotopic (exact) mass is 241 g/mol. The molecular formula is C13H27N3O. The van der Waals surface area contributed by atoms with Crippen molar-refractivity contribution in [3.05, 3.63) is 0 Å². The van der Waals surface area contributed by atoms with Gasteiger partial charge >= 0.3 is 0 Å². The van der Waals surface area contributed by atoms with Crippen molar-refractivity contribution < 1.29 is 4.79 Å². The molecule has 4 heteroatoms. The van der Waals surface area contributed by atoms with Crippen molar-refractivity contribution in [1.29, 1.82) is 0 Å². The van der Waals surface area contributed by atoms with Crippen LogP contribution in [0.15, 0.2) is 0 Å². The SMILES string of the molecule is CC(C)CC(N)C(=O)N1CCCC1CN(C)C. The van der Waals surface area contributed by atoms with Crippen molar-refractivity contribution >= 4 is 5.91 Å². The second-order valence-electron chi connectivity index (χ2n) is 5.83. The van der Waals surface area contributed by atoms with E-state index in [1.54, 1.807) is 0 Å². The molecule has 0 aromatic carbocycles. The molecular weight excluding hydrogens is 214 g/mol. The van der Waals surface area contributed by atoms with Crippen LogP contribution >= 0.6 is 0 Å². The molecule has 1 aliphatic rings. The molecule has 2 unspecified atom stereocenters. The molecule has 0 spiro atoms. The van der Waals surface area contributed by atoms with Crippen molar-refractivity contribution in [3.8, 4) is 0 Å². The van der Waals surface area contributed by atoms with E-state index in [9.17, 15) is 4.79 Å². The Kier molecular flexibility index (Phi) is 5.40. The maximum atomic E-state index is 12.3. The van der Waals surface area contributed by atoms with Crippen LogP contribution in [0.4, 0.5) is 0 Å². The maximum Gasteiger partial charge on any atom is 0.239 e. The zero-order valence-corrected chi connectivity index (χ0v) is 11.6. The number of hydrogen-bond donors (Lipinski definition) is 1. The van der Waals surface area contributed by atoms with Crippen LogP contribution in [0.25, 0.3) is 0 Å². The first-order valence-corrected chi connectivity index (χ1v) is 6.62. The fourth-order valence-corrected chi connectivity index (χ4v) is 2.56. The van der Waals surface area contributed by atoms with Gasteiger partial charge in [-0.3, -0.25) is 4.79 Å². The molecule has 0 saturated carbocycles. The first kappa shape index (κ1) is 14.5. The van der Waals surface area contributed by atoms with Crippen LogP contribution in [0.3, 0.4) is 0 Å². The molecule has 0 aromatic rings. The van der Waals surface area contributed by atoms with Crippen LogP contribution in [0.1, 0.15) is 33.1 Å². The van der Waals surface area contributed by atoms with Gasteiger partial charge in [-0.25, -0.2) is 0 Å². The van der Waals surface area contributed by atoms with Crippen molar-refractivity contribution in [2.45, 2.75) is 45.2 Å². The lowest BCUT2D eigenvalue weighted by Crippen LogP contribution is -2.49. The van der Waals surface area contributed by atoms with Crippen LogP contribution in [0.5, 0.6) is 0 Å². The Hall–Kier alpha value is -0.610. The first-order valence-electron chi connectivity index (χ1n) is 6.62. The Morgan fingerprint density at radius 3 is 2.65 bits per heavy atom. The third kappa shape index (κ3) is 4.28. The number of likely N-dealkylation sites (tertiary alicyclic amines) is 1. The lowest BCUT2D eigenvalue weighted by molar-refractivity contribution is -0.134. The summed E-state index contributed by atoms with van der Waals surface area (Å²) in [5.74, 6) is 0.618. The van der Waals surface area contributed by atoms with Gasteiger partial charge in [0, 0.05) is 19.1 Å². The summed E-state index contributed by atoms with van der Waals surface area (Å²) >= 11 is 0. The van der Waals surface area contributed by atoms with E-state index in [1.165, 1.54) is 0 Å². The minimum Gasteiger partial charge on any atom is -0.337 e. The Morgan fingerprint density at radius 2 is 2.12 bits per heavy atom. The number of nitrogens with zero attached hydrogens (tertiary/aromatic N) is 2. The Morgan fingerprint density at radius 1 is 1.47 bits per heavy atom. The van der Waals surface area contributed by atoms with Gasteiger partial charge in [0.25, 0.3) is 0 Å². The molecule has 0 radical (unpaired) electrons. The summed E-state index contributed by atoms with van der Waals surface area (Å²) in [6, 6.07) is 0.0356. The topological polar surface area (TPSA) is 49.6 Å². The maximum absolute atomic E-state index is 12.3. The smallest absolute Gasteiger partial charge is 0.239 e. The van der Waals surface area contributed by atoms with Crippen molar-refractivity contribution in [2.75, 3.05) is 27.2 Å². The van der Waals surface area contributed by atoms with E-state index < -0.39 is 0 Å². The van der Waals surface area contributed by atoms with Gasteiger partial charge in [-0.15, -0.1) is 0 Å². The van der Waals surface area contributed by atoms with Crippen molar-refractivity contribution in [3.63, 3.8) is 0 Å². The molecule has 2 N–H and O–H groups in total. The average molecular weight is 241 g/mol. The molecule has 2 atom stereocenters. The predicted molar refractivity (Wildman–Crippen MR) is 70.7 cm³/mol. The highest BCUT2D eigenvalue weighted by Gasteiger charge is 2.31. The van der Waals surface area contributed by atoms with E-state index in [4.69, 9.17) is 5.73 Å². The Bertz CT molecular complexity index is 253. The molecule has 1 amide bonds. The lowest BCUT2D eigenvalue weighted by atomic mass is 10.0. The molecule has 100 valence electrons. The number of rotatable bonds is 5. The van der Waals surface area contributed by atoms with E-state index >= 15 is 0 Å². The van der Waals surface area contributed by atoms with Crippen LogP contribution < -0.4 is 5.73 Å². The Labute approximate surface area is 105 Å². The largest absolute Gasteiger partial charge is 0.337 e. The van der Waals surface area contributed by atoms with Crippen LogP contribution in [-0.4, -0.2) is 55.0 Å². The van der Waals surface area contributed by atoms with E-state index in [2.05, 4.69) is 32.8 Å². The molecule has 0 aliphatic carbocycles. The zero-order valence-electron chi connectivity index (χ0n) is 11.6. The average Bonchev–Trinajstić information content (AvgIpc) is 2.62. The van der Waals surface area contributed by atoms with Gasteiger partial charge in [-0.2, -0.15) is 0 Å². The number of likely N-dealkylation sites (N-methyl/N-ethyl adjacent to an activating group) is 1. The summed E-state index contributed by atoms with van der Waals surface area (Å²) in [4.78, 5) is 16.4. The Balaban J connectivity index is 2.55. The third-order valence-corrected chi connectivity index (χ3v) is 3.28. The molecule has 17 heavy (non-hydrogen) atoms. The van der Waals surface area contributed by atoms with Gasteiger partial charge in [0.2, 0.25) is 5.91 Å². The second kappa shape index (κ2) is 6.36. The van der Waals surface area contributed by atoms with E-state index in [1.807, 2.05) is 4.90 Å². The van der Waals surface area contributed by atoms with Gasteiger partial charge in [-0.05, 0) is 39.3 Å². The van der Waals surface area contributed by atoms with Gasteiger partial charge in [0.1, 0.15) is 0 Å². The fourth-order valence-electron chi connectivity index (χ4n) is 2.56. The summed E-state index contributed by atoms with van der Waals surface area (Å²) in [6.45, 7) is 6.03. The summed E-state index contributed by atoms with van der Waals surface area (Å²) in [6.07, 6.45) is 3.00. The third-order valence-electron chi connectivity index (χ3n) is 3.28. The molecule has 1 rings (SSSR count). The molecule has 4 nitrogen and oxygen atoms in total. The van der Waals surface area contributed by atoms with Gasteiger partial charge < -0.3 is 15.5 Å². The second-order valence-corrected chi connectivity index (χ2v) is 5.83. The molecule has 0 bridgehead atoms. The first-order chi connectivity index (χ1) is 7.91. The summed E-state index contributed by atoms with van der Waals surface area (Å²) in [5, 5.41) is 0. The van der Waals surface area contributed by atoms with E-state index in [0.717, 1.165) is 32.4 Å². The van der Waals surface area contributed by atoms with Crippen LogP contribution in [0, 0.1) is 5.92 Å². The lowest BCUT2D eigenvalue weighted by Gasteiger charge is -2.29. The quantitative estimate of drug-likeness (QED) is 0.778. The minimum absolute atomic E-state index is 0.142. The summed E-state index contributed by atoms with van der Waals surface area (Å²) in [7, 11) is 4.10. The summed E-state index contributed by atoms with van der Waals surface area (Å²) in [5.41, 5.74) is 5.99. The highest BCUT2D eigenvalue weighted by atomic mass is 16.2. The zero-order chi connectivity index (χ0) is 13.0. The normalized spacial score (nSPS) is 22.5. The number of nitrogens with two attached hydrogens (primary N) is 1. The highest BCUT2D eigenvalue weighted by Crippen LogP contribution is 2.19. The van der Waals surface area contributed by atoms with Crippen LogP contribution in [-0.2, 0) is 4.79 Å². The number of amides is 1. The van der Waals surface area contributed by atoms with Gasteiger partial charge in [0.05, 0.1) is 6.04 Å². The fraction of sp³-hybridized carbons (Fsp3) is 0.923. The number of carbonyl (C=O) groups is 1. The summed E-state index contributed by atoms with van der Waals surface area (Å²) < 4.78 is 0. The number of carbonyl (C=O) groups excluding carboxylic acids is 1. The molecule has 1 heterocycles. The minimum atomic E-state index is -0.322. The van der Waals surface area contributed by atoms with Gasteiger partial charge in [-0.1, -0.05) is 13.8 Å². The van der Waals surface area contributed by atoms with E-state index in [0.29, 0.717) is 12.0 Å². The highest BCUT2D eigenvalue weighted by molar-refractivity contribution is 5.82. The molecule has 1 aliphatic heterocycles. The standard InChI is InChI=1S/C13H27N3O/c1-10(2)8-12(14)13(17)16-7-5-6-11(16)9-15(3)4/h10-12H,5-9,14H2,1-4H3. The predicted octanol–water partition coefficient (Wildman–Crippen LogP) is 0.912. The van der Waals surface area contributed by atoms with Crippen molar-refractivity contribution in [1.82, 2.24) is 9.80 Å². The van der Waals surface area contributed by atoms with Crippen molar-refractivity contribution in [2.24, 2.45) is 11.7 Å². The van der Waals surface area contributed by atoms with Gasteiger partial charge in [0.15, 0.2) is 0 Å². The molecule has 1 saturated heterocycles. The number of hydrogen-bond acceptors (Lipinski definition) is 3. The van der Waals surface area contributed by atoms with Crippen LogP contribution in [0.2, 0.25) is 0 Å². The molecule has 0 aromatic heterocycles. The molecule has 1 fully saturated rings. The van der Waals surface area contributed by atoms with E-state index in [-0.39, 0.29) is 11.9 Å².